The van der Waals surface area contributed by atoms with Gasteiger partial charge in [0, 0.05) is 5.69 Å². The van der Waals surface area contributed by atoms with Crippen LogP contribution in [-0.2, 0) is 11.3 Å². The van der Waals surface area contributed by atoms with Crippen LogP contribution in [0.25, 0.3) is 0 Å². The van der Waals surface area contributed by atoms with E-state index in [2.05, 4.69) is 10.6 Å². The molecule has 0 radical (unpaired) electrons. The Labute approximate surface area is 128 Å². The van der Waals surface area contributed by atoms with Crippen LogP contribution in [0.4, 0.5) is 5.69 Å². The van der Waals surface area contributed by atoms with E-state index in [1.54, 1.807) is 18.4 Å². The maximum Gasteiger partial charge on any atom is 0.337 e. The Balaban J connectivity index is 2.01. The van der Waals surface area contributed by atoms with Gasteiger partial charge in [0.1, 0.15) is 5.76 Å². The molecule has 1 aromatic heterocycles. The molecule has 0 saturated heterocycles. The van der Waals surface area contributed by atoms with Crippen molar-refractivity contribution in [3.8, 4) is 0 Å². The van der Waals surface area contributed by atoms with Gasteiger partial charge in [0.25, 0.3) is 0 Å². The lowest BCUT2D eigenvalue weighted by Gasteiger charge is -2.12. The van der Waals surface area contributed by atoms with Crippen LogP contribution in [0.3, 0.4) is 0 Å². The van der Waals surface area contributed by atoms with E-state index in [-0.39, 0.29) is 5.97 Å². The molecule has 0 spiro atoms. The molecule has 0 aliphatic rings. The number of esters is 1. The highest BCUT2D eigenvalue weighted by Crippen LogP contribution is 2.17. The molecule has 5 nitrogen and oxygen atoms in total. The zero-order valence-corrected chi connectivity index (χ0v) is 12.6. The largest absolute Gasteiger partial charge is 0.467 e. The summed E-state index contributed by atoms with van der Waals surface area (Å²) in [6.07, 6.45) is 1.61. The monoisotopic (exact) mass is 304 g/mol. The van der Waals surface area contributed by atoms with Crippen LogP contribution >= 0.6 is 12.2 Å². The maximum atomic E-state index is 11.5. The smallest absolute Gasteiger partial charge is 0.337 e. The van der Waals surface area contributed by atoms with Crippen molar-refractivity contribution in [2.24, 2.45) is 0 Å². The molecule has 0 aliphatic carbocycles. The summed E-state index contributed by atoms with van der Waals surface area (Å²) in [7, 11) is 1.35. The Morgan fingerprint density at radius 3 is 2.86 bits per heavy atom. The molecule has 0 aliphatic heterocycles. The minimum atomic E-state index is -0.382. The number of anilines is 1. The van der Waals surface area contributed by atoms with Gasteiger partial charge in [0.05, 0.1) is 25.5 Å². The normalized spacial score (nSPS) is 10.0. The predicted octanol–water partition coefficient (Wildman–Crippen LogP) is 2.86. The SMILES string of the molecule is COC(=O)c1ccc(C)c(NC(=S)NCc2ccco2)c1. The summed E-state index contributed by atoms with van der Waals surface area (Å²) >= 11 is 5.23. The van der Waals surface area contributed by atoms with Crippen molar-refractivity contribution in [2.45, 2.75) is 13.5 Å². The highest BCUT2D eigenvalue weighted by atomic mass is 32.1. The number of hydrogen-bond acceptors (Lipinski definition) is 4. The van der Waals surface area contributed by atoms with E-state index in [9.17, 15) is 4.79 Å². The molecule has 0 unspecified atom stereocenters. The number of carbonyl (C=O) groups is 1. The number of hydrogen-bond donors (Lipinski definition) is 2. The molecular weight excluding hydrogens is 288 g/mol. The number of benzene rings is 1. The first-order chi connectivity index (χ1) is 10.1. The van der Waals surface area contributed by atoms with E-state index in [4.69, 9.17) is 21.4 Å². The van der Waals surface area contributed by atoms with Crippen LogP contribution in [-0.4, -0.2) is 18.2 Å². The van der Waals surface area contributed by atoms with E-state index >= 15 is 0 Å². The van der Waals surface area contributed by atoms with Gasteiger partial charge < -0.3 is 19.8 Å². The maximum absolute atomic E-state index is 11.5. The van der Waals surface area contributed by atoms with Crippen molar-refractivity contribution in [1.82, 2.24) is 5.32 Å². The van der Waals surface area contributed by atoms with Gasteiger partial charge in [0.15, 0.2) is 5.11 Å². The predicted molar refractivity (Wildman–Crippen MR) is 84.3 cm³/mol. The van der Waals surface area contributed by atoms with Crippen molar-refractivity contribution in [1.29, 1.82) is 0 Å². The summed E-state index contributed by atoms with van der Waals surface area (Å²) in [4.78, 5) is 11.5. The Bertz CT molecular complexity index is 638. The minimum Gasteiger partial charge on any atom is -0.467 e. The van der Waals surface area contributed by atoms with Crippen LogP contribution in [0.5, 0.6) is 0 Å². The topological polar surface area (TPSA) is 63.5 Å². The molecule has 0 amide bonds. The number of aryl methyl sites for hydroxylation is 1. The van der Waals surface area contributed by atoms with Gasteiger partial charge in [-0.05, 0) is 49.0 Å². The van der Waals surface area contributed by atoms with Gasteiger partial charge in [-0.25, -0.2) is 4.79 Å². The second kappa shape index (κ2) is 6.90. The van der Waals surface area contributed by atoms with Gasteiger partial charge in [-0.1, -0.05) is 6.07 Å². The molecule has 0 atom stereocenters. The standard InChI is InChI=1S/C15H16N2O3S/c1-10-5-6-11(14(18)19-2)8-13(10)17-15(21)16-9-12-4-3-7-20-12/h3-8H,9H2,1-2H3,(H2,16,17,21). The van der Waals surface area contributed by atoms with E-state index in [1.165, 1.54) is 7.11 Å². The lowest BCUT2D eigenvalue weighted by molar-refractivity contribution is 0.0601. The van der Waals surface area contributed by atoms with Gasteiger partial charge >= 0.3 is 5.97 Å². The fourth-order valence-electron chi connectivity index (χ4n) is 1.75. The highest BCUT2D eigenvalue weighted by molar-refractivity contribution is 7.80. The second-order valence-corrected chi connectivity index (χ2v) is 4.82. The van der Waals surface area contributed by atoms with Gasteiger partial charge in [-0.2, -0.15) is 0 Å². The fraction of sp³-hybridized carbons (Fsp3) is 0.200. The fourth-order valence-corrected chi connectivity index (χ4v) is 1.93. The molecule has 1 heterocycles. The molecule has 2 N–H and O–H groups in total. The van der Waals surface area contributed by atoms with Crippen LogP contribution in [0, 0.1) is 6.92 Å². The highest BCUT2D eigenvalue weighted by Gasteiger charge is 2.09. The Kier molecular flexibility index (Phi) is 4.94. The number of ether oxygens (including phenoxy) is 1. The van der Waals surface area contributed by atoms with Crippen LogP contribution < -0.4 is 10.6 Å². The van der Waals surface area contributed by atoms with Crippen molar-refractivity contribution >= 4 is 29.0 Å². The van der Waals surface area contributed by atoms with Crippen molar-refractivity contribution in [3.63, 3.8) is 0 Å². The summed E-state index contributed by atoms with van der Waals surface area (Å²) in [6, 6.07) is 8.94. The quantitative estimate of drug-likeness (QED) is 0.669. The number of carbonyl (C=O) groups excluding carboxylic acids is 1. The molecule has 1 aromatic carbocycles. The molecule has 0 saturated carbocycles. The number of thiocarbonyl (C=S) groups is 1. The van der Waals surface area contributed by atoms with Crippen LogP contribution in [0.2, 0.25) is 0 Å². The summed E-state index contributed by atoms with van der Waals surface area (Å²) in [5, 5.41) is 6.55. The van der Waals surface area contributed by atoms with E-state index in [0.29, 0.717) is 17.2 Å². The Morgan fingerprint density at radius 2 is 2.19 bits per heavy atom. The lowest BCUT2D eigenvalue weighted by Crippen LogP contribution is -2.28. The summed E-state index contributed by atoms with van der Waals surface area (Å²) in [6.45, 7) is 2.42. The van der Waals surface area contributed by atoms with E-state index in [0.717, 1.165) is 17.0 Å². The lowest BCUT2D eigenvalue weighted by atomic mass is 10.1. The molecule has 0 fully saturated rings. The second-order valence-electron chi connectivity index (χ2n) is 4.41. The van der Waals surface area contributed by atoms with E-state index < -0.39 is 0 Å². The Morgan fingerprint density at radius 1 is 1.38 bits per heavy atom. The van der Waals surface area contributed by atoms with Crippen molar-refractivity contribution < 1.29 is 13.9 Å². The molecule has 2 aromatic rings. The summed E-state index contributed by atoms with van der Waals surface area (Å²) in [5.74, 6) is 0.409. The zero-order valence-electron chi connectivity index (χ0n) is 11.8. The summed E-state index contributed by atoms with van der Waals surface area (Å²) < 4.78 is 9.92. The van der Waals surface area contributed by atoms with E-state index in [1.807, 2.05) is 25.1 Å². The van der Waals surface area contributed by atoms with Crippen LogP contribution in [0.1, 0.15) is 21.7 Å². The van der Waals surface area contributed by atoms with Crippen LogP contribution in [0.15, 0.2) is 41.0 Å². The third-order valence-corrected chi connectivity index (χ3v) is 3.16. The first-order valence-corrected chi connectivity index (χ1v) is 6.77. The molecule has 2 rings (SSSR count). The molecular formula is C15H16N2O3S. The third-order valence-electron chi connectivity index (χ3n) is 2.91. The molecule has 6 heteroatoms. The first-order valence-electron chi connectivity index (χ1n) is 6.36. The third kappa shape index (κ3) is 4.06. The van der Waals surface area contributed by atoms with Crippen molar-refractivity contribution in [2.75, 3.05) is 12.4 Å². The van der Waals surface area contributed by atoms with Gasteiger partial charge in [0.2, 0.25) is 0 Å². The van der Waals surface area contributed by atoms with Gasteiger partial charge in [-0.15, -0.1) is 0 Å². The number of furan rings is 1. The average Bonchev–Trinajstić information content (AvgIpc) is 3.00. The first kappa shape index (κ1) is 15.1. The molecule has 21 heavy (non-hydrogen) atoms. The molecule has 0 bridgehead atoms. The summed E-state index contributed by atoms with van der Waals surface area (Å²) in [5.41, 5.74) is 2.21. The number of methoxy groups -OCH3 is 1. The minimum absolute atomic E-state index is 0.382. The number of nitrogens with one attached hydrogen (secondary N) is 2. The van der Waals surface area contributed by atoms with Gasteiger partial charge in [-0.3, -0.25) is 0 Å². The molecule has 110 valence electrons. The van der Waals surface area contributed by atoms with Crippen molar-refractivity contribution in [3.05, 3.63) is 53.5 Å². The Hall–Kier alpha value is -2.34. The average molecular weight is 304 g/mol. The number of rotatable bonds is 4. The zero-order chi connectivity index (χ0) is 15.2.